The van der Waals surface area contributed by atoms with E-state index in [0.29, 0.717) is 11.6 Å². The highest BCUT2D eigenvalue weighted by Crippen LogP contribution is 2.22. The summed E-state index contributed by atoms with van der Waals surface area (Å²) in [6.07, 6.45) is 4.84. The van der Waals surface area contributed by atoms with Crippen molar-refractivity contribution in [1.82, 2.24) is 14.7 Å². The van der Waals surface area contributed by atoms with Gasteiger partial charge in [-0.05, 0) is 50.3 Å². The Balaban J connectivity index is 1.43. The number of ether oxygens (including phenoxy) is 1. The number of para-hydroxylation sites is 1. The topological polar surface area (TPSA) is 47.4 Å². The monoisotopic (exact) mass is 327 g/mol. The van der Waals surface area contributed by atoms with E-state index in [-0.39, 0.29) is 5.91 Å². The molecule has 0 bridgehead atoms. The van der Waals surface area contributed by atoms with E-state index in [1.807, 2.05) is 48.2 Å². The van der Waals surface area contributed by atoms with Gasteiger partial charge in [-0.3, -0.25) is 9.48 Å². The van der Waals surface area contributed by atoms with Crippen molar-refractivity contribution in [3.63, 3.8) is 0 Å². The maximum absolute atomic E-state index is 12.6. The molecule has 1 aromatic heterocycles. The number of aromatic nitrogens is 2. The summed E-state index contributed by atoms with van der Waals surface area (Å²) in [5.41, 5.74) is 0.698. The van der Waals surface area contributed by atoms with Crippen LogP contribution in [-0.4, -0.2) is 40.3 Å². The van der Waals surface area contributed by atoms with Gasteiger partial charge < -0.3 is 9.64 Å². The molecule has 128 valence electrons. The van der Waals surface area contributed by atoms with E-state index in [9.17, 15) is 4.79 Å². The van der Waals surface area contributed by atoms with Gasteiger partial charge in [0.1, 0.15) is 11.4 Å². The molecule has 0 spiro atoms. The average Bonchev–Trinajstić information content (AvgIpc) is 3.11. The van der Waals surface area contributed by atoms with Crippen LogP contribution in [0, 0.1) is 5.92 Å². The Labute approximate surface area is 143 Å². The Morgan fingerprint density at radius 3 is 2.67 bits per heavy atom. The molecule has 3 rings (SSSR count). The molecule has 24 heavy (non-hydrogen) atoms. The standard InChI is InChI=1S/C19H25N3O2/c1-2-22-18(8-12-20-22)19(23)21-13-9-16(10-14-21)11-15-24-17-6-4-3-5-7-17/h3-8,12,16H,2,9-11,13-15H2,1H3. The van der Waals surface area contributed by atoms with Crippen LogP contribution in [0.4, 0.5) is 0 Å². The zero-order chi connectivity index (χ0) is 16.8. The molecule has 0 radical (unpaired) electrons. The highest BCUT2D eigenvalue weighted by Gasteiger charge is 2.25. The summed E-state index contributed by atoms with van der Waals surface area (Å²) in [6, 6.07) is 11.7. The number of hydrogen-bond donors (Lipinski definition) is 0. The van der Waals surface area contributed by atoms with Crippen LogP contribution < -0.4 is 4.74 Å². The molecule has 0 N–H and O–H groups in total. The van der Waals surface area contributed by atoms with Crippen molar-refractivity contribution in [2.75, 3.05) is 19.7 Å². The minimum Gasteiger partial charge on any atom is -0.494 e. The summed E-state index contributed by atoms with van der Waals surface area (Å²) in [4.78, 5) is 14.5. The molecule has 0 aliphatic carbocycles. The van der Waals surface area contributed by atoms with Crippen molar-refractivity contribution in [2.45, 2.75) is 32.7 Å². The van der Waals surface area contributed by atoms with Crippen LogP contribution in [0.2, 0.25) is 0 Å². The lowest BCUT2D eigenvalue weighted by Crippen LogP contribution is -2.39. The van der Waals surface area contributed by atoms with Crippen LogP contribution in [0.15, 0.2) is 42.6 Å². The Morgan fingerprint density at radius 1 is 1.21 bits per heavy atom. The Kier molecular flexibility index (Phi) is 5.51. The molecular weight excluding hydrogens is 302 g/mol. The average molecular weight is 327 g/mol. The number of amides is 1. The zero-order valence-corrected chi connectivity index (χ0v) is 14.2. The van der Waals surface area contributed by atoms with E-state index in [1.165, 1.54) is 0 Å². The van der Waals surface area contributed by atoms with Crippen LogP contribution in [0.1, 0.15) is 36.7 Å². The second kappa shape index (κ2) is 7.99. The molecule has 2 heterocycles. The van der Waals surface area contributed by atoms with Gasteiger partial charge in [-0.25, -0.2) is 0 Å². The first kappa shape index (κ1) is 16.6. The quantitative estimate of drug-likeness (QED) is 0.818. The lowest BCUT2D eigenvalue weighted by atomic mass is 9.94. The van der Waals surface area contributed by atoms with Crippen molar-refractivity contribution >= 4 is 5.91 Å². The molecule has 0 unspecified atom stereocenters. The van der Waals surface area contributed by atoms with Crippen molar-refractivity contribution in [3.8, 4) is 5.75 Å². The highest BCUT2D eigenvalue weighted by atomic mass is 16.5. The Bertz CT molecular complexity index is 646. The molecule has 0 saturated carbocycles. The second-order valence-corrected chi connectivity index (χ2v) is 6.22. The molecule has 1 fully saturated rings. The van der Waals surface area contributed by atoms with E-state index in [0.717, 1.165) is 51.3 Å². The molecule has 1 aliphatic rings. The lowest BCUT2D eigenvalue weighted by Gasteiger charge is -2.32. The first-order chi connectivity index (χ1) is 11.8. The third-order valence-corrected chi connectivity index (χ3v) is 4.67. The molecule has 1 aliphatic heterocycles. The predicted molar refractivity (Wildman–Crippen MR) is 93.1 cm³/mol. The van der Waals surface area contributed by atoms with Gasteiger partial charge in [-0.2, -0.15) is 5.10 Å². The normalized spacial score (nSPS) is 15.5. The number of benzene rings is 1. The minimum absolute atomic E-state index is 0.105. The number of carbonyl (C=O) groups excluding carboxylic acids is 1. The first-order valence-corrected chi connectivity index (χ1v) is 8.77. The molecule has 1 saturated heterocycles. The fourth-order valence-electron chi connectivity index (χ4n) is 3.21. The van der Waals surface area contributed by atoms with Crippen molar-refractivity contribution < 1.29 is 9.53 Å². The third-order valence-electron chi connectivity index (χ3n) is 4.67. The fourth-order valence-corrected chi connectivity index (χ4v) is 3.21. The Hall–Kier alpha value is -2.30. The van der Waals surface area contributed by atoms with Gasteiger partial charge in [0.15, 0.2) is 0 Å². The molecule has 1 aromatic carbocycles. The molecule has 0 atom stereocenters. The number of aryl methyl sites for hydroxylation is 1. The maximum atomic E-state index is 12.6. The molecule has 5 nitrogen and oxygen atoms in total. The number of piperidine rings is 1. The van der Waals surface area contributed by atoms with Crippen LogP contribution in [-0.2, 0) is 6.54 Å². The maximum Gasteiger partial charge on any atom is 0.272 e. The predicted octanol–water partition coefficient (Wildman–Crippen LogP) is 3.22. The minimum atomic E-state index is 0.105. The number of carbonyl (C=O) groups is 1. The smallest absolute Gasteiger partial charge is 0.272 e. The molecule has 5 heteroatoms. The van der Waals surface area contributed by atoms with Crippen LogP contribution >= 0.6 is 0 Å². The summed E-state index contributed by atoms with van der Waals surface area (Å²) < 4.78 is 7.55. The van der Waals surface area contributed by atoms with Gasteiger partial charge in [0, 0.05) is 25.8 Å². The van der Waals surface area contributed by atoms with Gasteiger partial charge >= 0.3 is 0 Å². The summed E-state index contributed by atoms with van der Waals surface area (Å²) in [5, 5.41) is 4.19. The van der Waals surface area contributed by atoms with Gasteiger partial charge in [-0.1, -0.05) is 18.2 Å². The molecule has 2 aromatic rings. The number of rotatable bonds is 6. The van der Waals surface area contributed by atoms with Crippen molar-refractivity contribution in [1.29, 1.82) is 0 Å². The van der Waals surface area contributed by atoms with Crippen LogP contribution in [0.5, 0.6) is 5.75 Å². The van der Waals surface area contributed by atoms with E-state index < -0.39 is 0 Å². The number of nitrogens with zero attached hydrogens (tertiary/aromatic N) is 3. The fraction of sp³-hybridized carbons (Fsp3) is 0.474. The summed E-state index contributed by atoms with van der Waals surface area (Å²) in [7, 11) is 0. The van der Waals surface area contributed by atoms with Crippen LogP contribution in [0.25, 0.3) is 0 Å². The Morgan fingerprint density at radius 2 is 1.96 bits per heavy atom. The van der Waals surface area contributed by atoms with E-state index in [4.69, 9.17) is 4.74 Å². The van der Waals surface area contributed by atoms with Gasteiger partial charge in [0.05, 0.1) is 6.61 Å². The third kappa shape index (κ3) is 3.96. The van der Waals surface area contributed by atoms with Crippen LogP contribution in [0.3, 0.4) is 0 Å². The largest absolute Gasteiger partial charge is 0.494 e. The van der Waals surface area contributed by atoms with Crippen molar-refractivity contribution in [2.24, 2.45) is 5.92 Å². The summed E-state index contributed by atoms with van der Waals surface area (Å²) >= 11 is 0. The molecular formula is C19H25N3O2. The highest BCUT2D eigenvalue weighted by molar-refractivity contribution is 5.92. The SMILES string of the molecule is CCn1nccc1C(=O)N1CCC(CCOc2ccccc2)CC1. The van der Waals surface area contributed by atoms with E-state index >= 15 is 0 Å². The number of likely N-dealkylation sites (tertiary alicyclic amines) is 1. The first-order valence-electron chi connectivity index (χ1n) is 8.77. The van der Waals surface area contributed by atoms with Gasteiger partial charge in [-0.15, -0.1) is 0 Å². The van der Waals surface area contributed by atoms with Gasteiger partial charge in [0.2, 0.25) is 0 Å². The van der Waals surface area contributed by atoms with Crippen molar-refractivity contribution in [3.05, 3.63) is 48.3 Å². The number of hydrogen-bond acceptors (Lipinski definition) is 3. The van der Waals surface area contributed by atoms with E-state index in [2.05, 4.69) is 5.10 Å². The summed E-state index contributed by atoms with van der Waals surface area (Å²) in [5.74, 6) is 1.67. The van der Waals surface area contributed by atoms with E-state index in [1.54, 1.807) is 10.9 Å². The summed E-state index contributed by atoms with van der Waals surface area (Å²) in [6.45, 7) is 5.11. The van der Waals surface area contributed by atoms with Gasteiger partial charge in [0.25, 0.3) is 5.91 Å². The molecule has 1 amide bonds. The second-order valence-electron chi connectivity index (χ2n) is 6.22. The lowest BCUT2D eigenvalue weighted by molar-refractivity contribution is 0.0667. The zero-order valence-electron chi connectivity index (χ0n) is 14.2.